The third kappa shape index (κ3) is 5.59. The molecule has 0 bridgehead atoms. The molecule has 19 heavy (non-hydrogen) atoms. The highest BCUT2D eigenvalue weighted by Crippen LogP contribution is 2.09. The van der Waals surface area contributed by atoms with Crippen LogP contribution in [0.5, 0.6) is 0 Å². The molecule has 0 fully saturated rings. The van der Waals surface area contributed by atoms with Crippen molar-refractivity contribution in [1.29, 1.82) is 0 Å². The Bertz CT molecular complexity index is 548. The van der Waals surface area contributed by atoms with Gasteiger partial charge in [0, 0.05) is 6.54 Å². The first-order valence-corrected chi connectivity index (χ1v) is 8.32. The molecule has 1 rings (SSSR count). The van der Waals surface area contributed by atoms with Gasteiger partial charge in [-0.3, -0.25) is 4.79 Å². The molecule has 0 aliphatic rings. The SMILES string of the molecule is CCSC(=O)/C=C/CNS(=O)(=O)c1ccc(C)cc1. The summed E-state index contributed by atoms with van der Waals surface area (Å²) in [6.07, 6.45) is 2.89. The van der Waals surface area contributed by atoms with Crippen LogP contribution in [0.2, 0.25) is 0 Å². The zero-order chi connectivity index (χ0) is 14.3. The third-order valence-corrected chi connectivity index (χ3v) is 4.41. The summed E-state index contributed by atoms with van der Waals surface area (Å²) in [6, 6.07) is 6.59. The molecule has 1 N–H and O–H groups in total. The molecule has 0 saturated carbocycles. The van der Waals surface area contributed by atoms with Crippen molar-refractivity contribution < 1.29 is 13.2 Å². The molecule has 0 heterocycles. The first-order chi connectivity index (χ1) is 8.95. The summed E-state index contributed by atoms with van der Waals surface area (Å²) in [7, 11) is -3.51. The van der Waals surface area contributed by atoms with Gasteiger partial charge in [0.15, 0.2) is 0 Å². The van der Waals surface area contributed by atoms with Gasteiger partial charge < -0.3 is 0 Å². The minimum atomic E-state index is -3.51. The smallest absolute Gasteiger partial charge is 0.240 e. The second-order valence-electron chi connectivity index (χ2n) is 3.82. The van der Waals surface area contributed by atoms with Crippen LogP contribution in [0.4, 0.5) is 0 Å². The van der Waals surface area contributed by atoms with Gasteiger partial charge in [0.25, 0.3) is 0 Å². The van der Waals surface area contributed by atoms with E-state index in [1.54, 1.807) is 24.3 Å². The number of carbonyl (C=O) groups is 1. The lowest BCUT2D eigenvalue weighted by molar-refractivity contribution is -0.107. The maximum atomic E-state index is 11.9. The van der Waals surface area contributed by atoms with Gasteiger partial charge in [-0.25, -0.2) is 13.1 Å². The van der Waals surface area contributed by atoms with Crippen LogP contribution < -0.4 is 4.72 Å². The van der Waals surface area contributed by atoms with E-state index in [4.69, 9.17) is 0 Å². The van der Waals surface area contributed by atoms with Crippen LogP contribution in [0.1, 0.15) is 12.5 Å². The molecule has 1 aromatic carbocycles. The fourth-order valence-corrected chi connectivity index (χ4v) is 2.76. The number of hydrogen-bond acceptors (Lipinski definition) is 4. The number of hydrogen-bond donors (Lipinski definition) is 1. The minimum absolute atomic E-state index is 0.0722. The zero-order valence-corrected chi connectivity index (χ0v) is 12.6. The molecule has 104 valence electrons. The lowest BCUT2D eigenvalue weighted by atomic mass is 10.2. The van der Waals surface area contributed by atoms with Crippen LogP contribution in [0, 0.1) is 6.92 Å². The average Bonchev–Trinajstić information content (AvgIpc) is 2.36. The second kappa shape index (κ2) is 7.47. The predicted molar refractivity (Wildman–Crippen MR) is 78.6 cm³/mol. The molecule has 1 aromatic rings. The van der Waals surface area contributed by atoms with Crippen LogP contribution in [0.25, 0.3) is 0 Å². The van der Waals surface area contributed by atoms with Gasteiger partial charge >= 0.3 is 0 Å². The van der Waals surface area contributed by atoms with Gasteiger partial charge in [-0.15, -0.1) is 0 Å². The van der Waals surface area contributed by atoms with E-state index in [2.05, 4.69) is 4.72 Å². The second-order valence-corrected chi connectivity index (χ2v) is 6.85. The van der Waals surface area contributed by atoms with Crippen molar-refractivity contribution >= 4 is 26.9 Å². The lowest BCUT2D eigenvalue weighted by Gasteiger charge is -2.04. The Morgan fingerprint density at radius 2 is 1.95 bits per heavy atom. The molecule has 4 nitrogen and oxygen atoms in total. The van der Waals surface area contributed by atoms with Gasteiger partial charge in [-0.05, 0) is 30.9 Å². The van der Waals surface area contributed by atoms with Gasteiger partial charge in [-0.2, -0.15) is 0 Å². The molecule has 0 aromatic heterocycles. The molecule has 0 spiro atoms. The Hall–Kier alpha value is -1.11. The number of rotatable bonds is 6. The van der Waals surface area contributed by atoms with E-state index in [1.807, 2.05) is 13.8 Å². The standard InChI is InChI=1S/C13H17NO3S2/c1-3-18-13(15)5-4-10-14-19(16,17)12-8-6-11(2)7-9-12/h4-9,14H,3,10H2,1-2H3/b5-4+. The predicted octanol–water partition coefficient (Wildman–Crippen LogP) is 2.11. The van der Waals surface area contributed by atoms with Gasteiger partial charge in [0.2, 0.25) is 15.1 Å². The normalized spacial score (nSPS) is 11.9. The Kier molecular flexibility index (Phi) is 6.27. The lowest BCUT2D eigenvalue weighted by Crippen LogP contribution is -2.23. The van der Waals surface area contributed by atoms with Gasteiger partial charge in [0.05, 0.1) is 4.90 Å². The Labute approximate surface area is 118 Å². The van der Waals surface area contributed by atoms with E-state index in [0.717, 1.165) is 5.56 Å². The summed E-state index contributed by atoms with van der Waals surface area (Å²) in [5.74, 6) is 0.707. The van der Waals surface area contributed by atoms with E-state index in [1.165, 1.54) is 23.9 Å². The quantitative estimate of drug-likeness (QED) is 0.817. The van der Waals surface area contributed by atoms with Crippen LogP contribution >= 0.6 is 11.8 Å². The molecular formula is C13H17NO3S2. The number of nitrogens with one attached hydrogen (secondary N) is 1. The Balaban J connectivity index is 2.57. The van der Waals surface area contributed by atoms with E-state index in [9.17, 15) is 13.2 Å². The van der Waals surface area contributed by atoms with Gasteiger partial charge in [0.1, 0.15) is 0 Å². The summed E-state index contributed by atoms with van der Waals surface area (Å²) in [5.41, 5.74) is 1.00. The maximum absolute atomic E-state index is 11.9. The highest BCUT2D eigenvalue weighted by atomic mass is 32.2. The van der Waals surface area contributed by atoms with Crippen LogP contribution in [0.3, 0.4) is 0 Å². The minimum Gasteiger partial charge on any atom is -0.282 e. The highest BCUT2D eigenvalue weighted by molar-refractivity contribution is 8.14. The molecule has 0 radical (unpaired) electrons. The first kappa shape index (κ1) is 15.9. The maximum Gasteiger partial charge on any atom is 0.240 e. The summed E-state index contributed by atoms with van der Waals surface area (Å²) in [4.78, 5) is 11.4. The van der Waals surface area contributed by atoms with Crippen molar-refractivity contribution in [1.82, 2.24) is 4.72 Å². The van der Waals surface area contributed by atoms with E-state index < -0.39 is 10.0 Å². The third-order valence-electron chi connectivity index (χ3n) is 2.26. The molecule has 0 aliphatic carbocycles. The van der Waals surface area contributed by atoms with Gasteiger partial charge in [-0.1, -0.05) is 42.5 Å². The largest absolute Gasteiger partial charge is 0.282 e. The number of benzene rings is 1. The fraction of sp³-hybridized carbons (Fsp3) is 0.308. The Morgan fingerprint density at radius 1 is 1.32 bits per heavy atom. The van der Waals surface area contributed by atoms with E-state index in [-0.39, 0.29) is 16.6 Å². The van der Waals surface area contributed by atoms with Crippen molar-refractivity contribution in [2.45, 2.75) is 18.7 Å². The number of sulfonamides is 1. The summed E-state index contributed by atoms with van der Waals surface area (Å²) in [6.45, 7) is 3.88. The van der Waals surface area contributed by atoms with Crippen molar-refractivity contribution in [2.75, 3.05) is 12.3 Å². The van der Waals surface area contributed by atoms with Crippen molar-refractivity contribution in [2.24, 2.45) is 0 Å². The Morgan fingerprint density at radius 3 is 2.53 bits per heavy atom. The van der Waals surface area contributed by atoms with Crippen LogP contribution in [-0.4, -0.2) is 25.8 Å². The highest BCUT2D eigenvalue weighted by Gasteiger charge is 2.11. The van der Waals surface area contributed by atoms with E-state index in [0.29, 0.717) is 5.75 Å². The first-order valence-electron chi connectivity index (χ1n) is 5.85. The average molecular weight is 299 g/mol. The molecule has 0 unspecified atom stereocenters. The molecular weight excluding hydrogens is 282 g/mol. The molecule has 0 aliphatic heterocycles. The topological polar surface area (TPSA) is 63.2 Å². The number of aryl methyl sites for hydroxylation is 1. The van der Waals surface area contributed by atoms with Crippen molar-refractivity contribution in [3.8, 4) is 0 Å². The summed E-state index contributed by atoms with van der Waals surface area (Å²) < 4.78 is 26.2. The van der Waals surface area contributed by atoms with Crippen molar-refractivity contribution in [3.05, 3.63) is 42.0 Å². The number of carbonyl (C=O) groups excluding carboxylic acids is 1. The van der Waals surface area contributed by atoms with E-state index >= 15 is 0 Å². The van der Waals surface area contributed by atoms with Crippen molar-refractivity contribution in [3.63, 3.8) is 0 Å². The molecule has 0 atom stereocenters. The zero-order valence-electron chi connectivity index (χ0n) is 10.9. The summed E-state index contributed by atoms with van der Waals surface area (Å²) >= 11 is 1.18. The fourth-order valence-electron chi connectivity index (χ4n) is 1.30. The molecule has 6 heteroatoms. The molecule has 0 saturated heterocycles. The summed E-state index contributed by atoms with van der Waals surface area (Å²) in [5, 5.41) is -0.0722. The van der Waals surface area contributed by atoms with Crippen LogP contribution in [-0.2, 0) is 14.8 Å². The monoisotopic (exact) mass is 299 g/mol. The number of thioether (sulfide) groups is 1. The van der Waals surface area contributed by atoms with Crippen LogP contribution in [0.15, 0.2) is 41.3 Å². The molecule has 0 amide bonds.